The number of nitrogens with one attached hydrogen (secondary N) is 6. The van der Waals surface area contributed by atoms with Gasteiger partial charge >= 0.3 is 12.1 Å². The van der Waals surface area contributed by atoms with E-state index in [0.29, 0.717) is 62.9 Å². The number of Topliss-reactive ketones (excluding diaryl/α,β-unsaturated/α-hetero) is 5. The summed E-state index contributed by atoms with van der Waals surface area (Å²) in [7, 11) is 4.80. The zero-order valence-corrected chi connectivity index (χ0v) is 71.7. The third-order valence-electron chi connectivity index (χ3n) is 22.3. The van der Waals surface area contributed by atoms with Crippen LogP contribution in [0.3, 0.4) is 0 Å². The average Bonchev–Trinajstić information content (AvgIpc) is 1.25. The van der Waals surface area contributed by atoms with Gasteiger partial charge in [-0.3, -0.25) is 47.9 Å². The Morgan fingerprint density at radius 2 is 1.39 bits per heavy atom. The molecule has 2 aliphatic rings. The number of thiazole rings is 1. The van der Waals surface area contributed by atoms with Crippen LogP contribution in [0.2, 0.25) is 0 Å². The summed E-state index contributed by atoms with van der Waals surface area (Å²) < 4.78 is 23.3. The van der Waals surface area contributed by atoms with Gasteiger partial charge in [0.15, 0.2) is 17.3 Å². The van der Waals surface area contributed by atoms with E-state index in [-0.39, 0.29) is 156 Å². The Labute approximate surface area is 682 Å². The molecule has 5 rings (SSSR count). The molecule has 0 radical (unpaired) electrons. The Morgan fingerprint density at radius 1 is 0.746 bits per heavy atom. The van der Waals surface area contributed by atoms with E-state index in [4.69, 9.17) is 24.7 Å². The highest BCUT2D eigenvalue weighted by molar-refractivity contribution is 7.09. The molecule has 8 N–H and O–H groups in total. The van der Waals surface area contributed by atoms with Crippen LogP contribution < -0.4 is 37.6 Å². The number of methoxy groups -OCH3 is 2. The van der Waals surface area contributed by atoms with E-state index in [2.05, 4.69) is 49.0 Å². The van der Waals surface area contributed by atoms with Gasteiger partial charge in [0.1, 0.15) is 18.2 Å². The van der Waals surface area contributed by atoms with Gasteiger partial charge < -0.3 is 66.4 Å². The van der Waals surface area contributed by atoms with Crippen molar-refractivity contribution in [1.82, 2.24) is 41.4 Å². The minimum absolute atomic E-state index is 0. The van der Waals surface area contributed by atoms with Crippen molar-refractivity contribution in [3.63, 3.8) is 0 Å². The Kier molecular flexibility index (Phi) is 39.9. The second kappa shape index (κ2) is 46.2. The number of rotatable bonds is 49. The largest absolute Gasteiger partial charge is 0.445 e. The molecule has 114 heavy (non-hydrogen) atoms. The molecule has 3 aromatic rings. The van der Waals surface area contributed by atoms with E-state index in [1.165, 1.54) is 32.3 Å². The second-order valence-electron chi connectivity index (χ2n) is 34.9. The number of hydrogen-bond donors (Lipinski definition) is 7. The van der Waals surface area contributed by atoms with Crippen molar-refractivity contribution < 1.29 is 76.5 Å². The molecule has 0 spiro atoms. The highest BCUT2D eigenvalue weighted by atomic mass is 32.1. The first-order valence-corrected chi connectivity index (χ1v) is 41.4. The summed E-state index contributed by atoms with van der Waals surface area (Å²) in [5, 5.41) is 20.1. The van der Waals surface area contributed by atoms with Crippen LogP contribution in [0.25, 0.3) is 0 Å². The topological polar surface area (TPSA) is 359 Å². The molecule has 0 bridgehead atoms. The summed E-state index contributed by atoms with van der Waals surface area (Å²) in [5.74, 6) is -6.78. The maximum atomic E-state index is 14.9. The van der Waals surface area contributed by atoms with E-state index in [1.54, 1.807) is 70.3 Å². The molecule has 2 saturated heterocycles. The predicted molar refractivity (Wildman–Crippen MR) is 444 cm³/mol. The van der Waals surface area contributed by atoms with Crippen LogP contribution in [0.5, 0.6) is 0 Å². The van der Waals surface area contributed by atoms with Crippen molar-refractivity contribution in [2.75, 3.05) is 59.4 Å². The number of primary amides is 1. The van der Waals surface area contributed by atoms with Crippen LogP contribution >= 0.6 is 11.3 Å². The summed E-state index contributed by atoms with van der Waals surface area (Å²) in [6, 6.07) is 13.2. The first-order chi connectivity index (χ1) is 53.0. The maximum absolute atomic E-state index is 14.9. The first-order valence-electron chi connectivity index (χ1n) is 40.6. The zero-order valence-electron chi connectivity index (χ0n) is 70.8. The number of hydrogen-bond acceptors (Lipinski definition) is 19. The minimum Gasteiger partial charge on any atom is -0.445 e. The Bertz CT molecular complexity index is 3610. The number of ketones is 5. The molecule has 0 unspecified atom stereocenters. The zero-order chi connectivity index (χ0) is 84.3. The van der Waals surface area contributed by atoms with Crippen molar-refractivity contribution in [3.8, 4) is 0 Å². The highest BCUT2D eigenvalue weighted by Crippen LogP contribution is 2.36. The molecule has 0 aliphatic carbocycles. The van der Waals surface area contributed by atoms with E-state index in [1.807, 2.05) is 105 Å². The van der Waals surface area contributed by atoms with Crippen LogP contribution in [0.4, 0.5) is 15.3 Å². The number of urea groups is 1. The molecule has 638 valence electrons. The maximum Gasteiger partial charge on any atom is 0.408 e. The van der Waals surface area contributed by atoms with Crippen molar-refractivity contribution in [1.29, 1.82) is 0 Å². The number of carbonyl (C=O) groups is 12. The molecule has 12 atom stereocenters. The fourth-order valence-corrected chi connectivity index (χ4v) is 15.8. The van der Waals surface area contributed by atoms with Crippen molar-refractivity contribution >= 4 is 87.6 Å². The van der Waals surface area contributed by atoms with Gasteiger partial charge in [-0.15, -0.1) is 11.3 Å². The van der Waals surface area contributed by atoms with Crippen molar-refractivity contribution in [2.24, 2.45) is 58.0 Å². The Morgan fingerprint density at radius 3 is 1.95 bits per heavy atom. The van der Waals surface area contributed by atoms with Gasteiger partial charge in [-0.25, -0.2) is 14.6 Å². The van der Waals surface area contributed by atoms with Crippen LogP contribution in [0.15, 0.2) is 66.2 Å². The molecule has 2 aliphatic heterocycles. The van der Waals surface area contributed by atoms with Crippen molar-refractivity contribution in [2.45, 2.75) is 281 Å². The number of ether oxygens (including phenoxy) is 4. The highest BCUT2D eigenvalue weighted by Gasteiger charge is 2.46. The third kappa shape index (κ3) is 30.6. The van der Waals surface area contributed by atoms with E-state index >= 15 is 0 Å². The van der Waals surface area contributed by atoms with Gasteiger partial charge in [-0.2, -0.15) is 0 Å². The lowest BCUT2D eigenvalue weighted by atomic mass is 9.78. The standard InChI is InChI=1S/C86H134N10O16S.CH4/c1-20-55(6)74(68(109-18)49-72(102)96-42-27-32-65(96)75(110-19)56(7)66(97)46-61(79-89-41-43-113-79)44-57-28-22-21-23-29-57)95(17)80(106)63(53(2)3)48-69(99)85(14,15)94-82(108)112-50-58-33-35-62(36-34-58)91-77(104)59(31-26-40-90-81(87)107)45-67(98)73(54(4)5)92-78(105)60(47-70(100)86(16)51-111-52-86)30-24-25-39-88-71(101)38-37-64(93-84(11,12)13)76(103)83(8,9)10;/h21-23,28-29,33-36,41,43,53-56,59-61,63-65,68,73-75,93H,20,24-27,30-32,37-40,42,44-52H2,1-19H3,(H,88,101)(H,91,104)(H,92,105)(H,94,108)(H3,87,90,107);1H4/t55-,56-,59+,60+,61+,63-,64+,65-,68+,73-,74-,75+;/m0./s1. The summed E-state index contributed by atoms with van der Waals surface area (Å²) >= 11 is 1.53. The fraction of sp³-hybridized carbons (Fsp3) is 0.690. The number of aromatic nitrogens is 1. The van der Waals surface area contributed by atoms with Gasteiger partial charge in [0.05, 0.1) is 72.0 Å². The minimum atomic E-state index is -1.49. The average molecular weight is 1610 g/mol. The molecule has 0 saturated carbocycles. The van der Waals surface area contributed by atoms with Gasteiger partial charge in [0.2, 0.25) is 29.5 Å². The normalized spacial score (nSPS) is 17.2. The smallest absolute Gasteiger partial charge is 0.408 e. The van der Waals surface area contributed by atoms with Gasteiger partial charge in [0, 0.05) is 131 Å². The number of alkyl carbamates (subject to hydrolysis) is 1. The van der Waals surface area contributed by atoms with Gasteiger partial charge in [-0.05, 0) is 134 Å². The van der Waals surface area contributed by atoms with Crippen LogP contribution in [-0.4, -0.2) is 187 Å². The molecule has 3 heterocycles. The summed E-state index contributed by atoms with van der Waals surface area (Å²) in [5.41, 5.74) is 4.13. The van der Waals surface area contributed by atoms with Gasteiger partial charge in [-0.1, -0.05) is 132 Å². The second-order valence-corrected chi connectivity index (χ2v) is 35.8. The number of carbonyl (C=O) groups excluding carboxylic acids is 12. The van der Waals surface area contributed by atoms with E-state index in [9.17, 15) is 57.5 Å². The van der Waals surface area contributed by atoms with Crippen molar-refractivity contribution in [3.05, 3.63) is 82.3 Å². The number of anilines is 1. The monoisotopic (exact) mass is 1610 g/mol. The molecule has 2 fully saturated rings. The third-order valence-corrected chi connectivity index (χ3v) is 23.2. The van der Waals surface area contributed by atoms with Crippen LogP contribution in [0, 0.1) is 52.3 Å². The SMILES string of the molecule is C.CC[C@H](C)[C@@H]([C@@H](CC(=O)N1CCC[C@H]1[C@H](OC)[C@@H](C)C(=O)C[C@@H](Cc1ccccc1)c1nccs1)OC)N(C)C(=O)[C@@H](CC(=O)C(C)(C)NC(=O)OCc1ccc(NC(=O)[C@H](CCCNC(N)=O)CC(=O)[C@@H](NC(=O)[C@H](CCCCNC(=O)CC[C@@H](NC(C)(C)C)C(=O)C(C)(C)C)CC(=O)C2(C)COC2)C(C)C)cc1)C(C)C. The predicted octanol–water partition coefficient (Wildman–Crippen LogP) is 12.1. The molecule has 2 aromatic carbocycles. The fourth-order valence-electron chi connectivity index (χ4n) is 15.0. The molecule has 26 nitrogen and oxygen atoms in total. The number of likely N-dealkylation sites (tertiary alicyclic amines) is 1. The molecule has 27 heteroatoms. The molecule has 8 amide bonds. The quantitative estimate of drug-likeness (QED) is 0.0258. The number of amides is 8. The number of likely N-dealkylation sites (N-methyl/N-ethyl adjacent to an activating group) is 1. The molecule has 1 aromatic heterocycles. The first kappa shape index (κ1) is 98.5. The number of unbranched alkanes of at least 4 members (excludes halogenated alkanes) is 1. The Hall–Kier alpha value is -7.85. The number of benzene rings is 2. The lowest BCUT2D eigenvalue weighted by Crippen LogP contribution is -2.55. The van der Waals surface area contributed by atoms with Gasteiger partial charge in [0.25, 0.3) is 0 Å². The summed E-state index contributed by atoms with van der Waals surface area (Å²) in [4.78, 5) is 174. The van der Waals surface area contributed by atoms with E-state index < -0.39 is 112 Å². The lowest BCUT2D eigenvalue weighted by molar-refractivity contribution is -0.157. The molecular weight excluding hydrogens is 1470 g/mol. The summed E-state index contributed by atoms with van der Waals surface area (Å²) in [6.45, 7) is 30.6. The molecular formula is C87H138N10O16S. The number of nitrogens with two attached hydrogens (primary N) is 1. The lowest BCUT2D eigenvalue weighted by Gasteiger charge is -2.41. The number of nitrogens with zero attached hydrogens (tertiary/aromatic N) is 3. The Balaban J connectivity index is 0.0000274. The van der Waals surface area contributed by atoms with E-state index in [0.717, 1.165) is 17.0 Å². The van der Waals surface area contributed by atoms with Crippen LogP contribution in [-0.2, 0) is 79.9 Å². The summed E-state index contributed by atoms with van der Waals surface area (Å²) in [6.07, 6.45) is 3.94. The van der Waals surface area contributed by atoms with Crippen LogP contribution in [0.1, 0.15) is 237 Å².